The van der Waals surface area contributed by atoms with Gasteiger partial charge < -0.3 is 14.2 Å². The quantitative estimate of drug-likeness (QED) is 0.501. The van der Waals surface area contributed by atoms with E-state index in [1.165, 1.54) is 5.52 Å². The van der Waals surface area contributed by atoms with E-state index in [0.717, 1.165) is 61.1 Å². The van der Waals surface area contributed by atoms with Gasteiger partial charge in [0, 0.05) is 44.9 Å². The van der Waals surface area contributed by atoms with E-state index in [1.807, 2.05) is 32.0 Å². The van der Waals surface area contributed by atoms with E-state index in [-0.39, 0.29) is 6.10 Å². The van der Waals surface area contributed by atoms with Crippen molar-refractivity contribution in [3.05, 3.63) is 48.3 Å². The lowest BCUT2D eigenvalue weighted by molar-refractivity contribution is 0.239. The van der Waals surface area contributed by atoms with E-state index in [2.05, 4.69) is 66.3 Å². The Labute approximate surface area is 187 Å². The van der Waals surface area contributed by atoms with Crippen LogP contribution in [0.2, 0.25) is 0 Å². The Morgan fingerprint density at radius 2 is 1.88 bits per heavy atom. The molecule has 0 bridgehead atoms. The van der Waals surface area contributed by atoms with Gasteiger partial charge in [0.2, 0.25) is 5.82 Å². The van der Waals surface area contributed by atoms with Gasteiger partial charge in [0.25, 0.3) is 0 Å². The molecule has 1 N–H and O–H groups in total. The van der Waals surface area contributed by atoms with Crippen LogP contribution in [0.25, 0.3) is 22.4 Å². The van der Waals surface area contributed by atoms with Gasteiger partial charge in [0.15, 0.2) is 0 Å². The van der Waals surface area contributed by atoms with E-state index in [9.17, 15) is 0 Å². The highest BCUT2D eigenvalue weighted by Crippen LogP contribution is 2.33. The lowest BCUT2D eigenvalue weighted by Gasteiger charge is -2.36. The molecule has 0 saturated carbocycles. The van der Waals surface area contributed by atoms with E-state index < -0.39 is 0 Å². The summed E-state index contributed by atoms with van der Waals surface area (Å²) in [7, 11) is 2.10. The minimum Gasteiger partial charge on any atom is -0.491 e. The molecule has 1 aliphatic rings. The molecule has 4 aromatic rings. The van der Waals surface area contributed by atoms with Crippen LogP contribution in [0.15, 0.2) is 42.5 Å². The van der Waals surface area contributed by atoms with Crippen molar-refractivity contribution in [2.75, 3.05) is 31.1 Å². The maximum atomic E-state index is 5.95. The molecule has 166 valence electrons. The third kappa shape index (κ3) is 4.03. The molecule has 3 heterocycles. The number of hydrogen-bond donors (Lipinski definition) is 1. The first-order chi connectivity index (χ1) is 15.6. The summed E-state index contributed by atoms with van der Waals surface area (Å²) in [5, 5.41) is 14.7. The van der Waals surface area contributed by atoms with Gasteiger partial charge in [-0.1, -0.05) is 12.1 Å². The minimum absolute atomic E-state index is 0.115. The maximum Gasteiger partial charge on any atom is 0.206 e. The summed E-state index contributed by atoms with van der Waals surface area (Å²) in [4.78, 5) is 9.67. The number of aromatic nitrogens is 6. The Morgan fingerprint density at radius 3 is 2.59 bits per heavy atom. The largest absolute Gasteiger partial charge is 0.491 e. The Bertz CT molecular complexity index is 1190. The summed E-state index contributed by atoms with van der Waals surface area (Å²) >= 11 is 0. The van der Waals surface area contributed by atoms with Crippen molar-refractivity contribution in [2.45, 2.75) is 26.5 Å². The van der Waals surface area contributed by atoms with Crippen molar-refractivity contribution in [1.82, 2.24) is 35.1 Å². The Morgan fingerprint density at radius 1 is 1.06 bits per heavy atom. The smallest absolute Gasteiger partial charge is 0.206 e. The number of ether oxygens (including phenoxy) is 1. The summed E-state index contributed by atoms with van der Waals surface area (Å²) in [6, 6.07) is 14.4. The van der Waals surface area contributed by atoms with Crippen LogP contribution in [-0.4, -0.2) is 67.4 Å². The van der Waals surface area contributed by atoms with Crippen LogP contribution in [0.3, 0.4) is 0 Å². The summed E-state index contributed by atoms with van der Waals surface area (Å²) in [6.45, 7) is 8.61. The second kappa shape index (κ2) is 8.58. The van der Waals surface area contributed by atoms with Gasteiger partial charge in [-0.05, 0) is 43.3 Å². The van der Waals surface area contributed by atoms with Crippen molar-refractivity contribution in [3.8, 4) is 17.1 Å². The monoisotopic (exact) mass is 432 g/mol. The van der Waals surface area contributed by atoms with Gasteiger partial charge >= 0.3 is 0 Å². The lowest BCUT2D eigenvalue weighted by atomic mass is 10.1. The number of rotatable bonds is 6. The number of para-hydroxylation sites is 2. The lowest BCUT2D eigenvalue weighted by Crippen LogP contribution is -2.46. The molecule has 9 heteroatoms. The Balaban J connectivity index is 1.33. The predicted octanol–water partition coefficient (Wildman–Crippen LogP) is 2.86. The standard InChI is InChI=1S/C23H28N8O/c1-16(2)32-17-8-9-18(23-25-27-28-26-23)21(14-17)31-12-10-30(11-13-31)15-22-24-19-6-4-5-7-20(19)29(22)3/h4-9,14,16H,10-13,15H2,1-3H3,(H,25,26,27,28). The number of nitrogens with one attached hydrogen (secondary N) is 1. The summed E-state index contributed by atoms with van der Waals surface area (Å²) in [5.41, 5.74) is 4.26. The normalized spacial score (nSPS) is 15.1. The van der Waals surface area contributed by atoms with Crippen molar-refractivity contribution >= 4 is 16.7 Å². The topological polar surface area (TPSA) is 88.0 Å². The summed E-state index contributed by atoms with van der Waals surface area (Å²) in [5.74, 6) is 2.54. The molecule has 1 fully saturated rings. The maximum absolute atomic E-state index is 5.95. The molecular weight excluding hydrogens is 404 g/mol. The molecule has 2 aromatic heterocycles. The molecule has 1 aliphatic heterocycles. The molecule has 5 rings (SSSR count). The van der Waals surface area contributed by atoms with Gasteiger partial charge in [0.1, 0.15) is 11.6 Å². The number of benzene rings is 2. The van der Waals surface area contributed by atoms with Crippen molar-refractivity contribution in [3.63, 3.8) is 0 Å². The Kier molecular flexibility index (Phi) is 5.48. The Hall–Kier alpha value is -3.46. The predicted molar refractivity (Wildman–Crippen MR) is 124 cm³/mol. The van der Waals surface area contributed by atoms with Crippen LogP contribution in [0, 0.1) is 0 Å². The zero-order valence-electron chi connectivity index (χ0n) is 18.7. The minimum atomic E-state index is 0.115. The van der Waals surface area contributed by atoms with E-state index in [4.69, 9.17) is 9.72 Å². The number of fused-ring (bicyclic) bond motifs is 1. The number of piperazine rings is 1. The molecule has 0 amide bonds. The number of H-pyrrole nitrogens is 1. The van der Waals surface area contributed by atoms with Gasteiger partial charge in [-0.3, -0.25) is 4.90 Å². The SMILES string of the molecule is CC(C)Oc1ccc(-c2nn[nH]n2)c(N2CCN(Cc3nc4ccccc4n3C)CC2)c1. The van der Waals surface area contributed by atoms with E-state index in [1.54, 1.807) is 0 Å². The fourth-order valence-corrected chi connectivity index (χ4v) is 4.27. The highest BCUT2D eigenvalue weighted by atomic mass is 16.5. The number of aromatic amines is 1. The zero-order valence-corrected chi connectivity index (χ0v) is 18.7. The van der Waals surface area contributed by atoms with Crippen molar-refractivity contribution in [2.24, 2.45) is 7.05 Å². The third-order valence-corrected chi connectivity index (χ3v) is 5.89. The molecule has 0 spiro atoms. The third-order valence-electron chi connectivity index (χ3n) is 5.89. The number of hydrogen-bond acceptors (Lipinski definition) is 7. The first kappa shape index (κ1) is 20.4. The molecule has 0 aliphatic carbocycles. The zero-order chi connectivity index (χ0) is 22.1. The van der Waals surface area contributed by atoms with Crippen LogP contribution in [0.4, 0.5) is 5.69 Å². The van der Waals surface area contributed by atoms with E-state index >= 15 is 0 Å². The highest BCUT2D eigenvalue weighted by Gasteiger charge is 2.23. The number of nitrogens with zero attached hydrogens (tertiary/aromatic N) is 7. The first-order valence-corrected chi connectivity index (χ1v) is 11.0. The average Bonchev–Trinajstić information content (AvgIpc) is 3.43. The van der Waals surface area contributed by atoms with Crippen LogP contribution < -0.4 is 9.64 Å². The van der Waals surface area contributed by atoms with E-state index in [0.29, 0.717) is 5.82 Å². The summed E-state index contributed by atoms with van der Waals surface area (Å²) < 4.78 is 8.14. The van der Waals surface area contributed by atoms with Crippen molar-refractivity contribution < 1.29 is 4.74 Å². The highest BCUT2D eigenvalue weighted by molar-refractivity contribution is 5.76. The first-order valence-electron chi connectivity index (χ1n) is 11.0. The molecule has 0 unspecified atom stereocenters. The number of anilines is 1. The second-order valence-corrected chi connectivity index (χ2v) is 8.42. The molecule has 1 saturated heterocycles. The molecule has 32 heavy (non-hydrogen) atoms. The van der Waals surface area contributed by atoms with Gasteiger partial charge in [-0.25, -0.2) is 4.98 Å². The second-order valence-electron chi connectivity index (χ2n) is 8.42. The van der Waals surface area contributed by atoms with Crippen LogP contribution in [0.5, 0.6) is 5.75 Å². The summed E-state index contributed by atoms with van der Waals surface area (Å²) in [6.07, 6.45) is 0.115. The van der Waals surface area contributed by atoms with Crippen molar-refractivity contribution in [1.29, 1.82) is 0 Å². The molecule has 0 radical (unpaired) electrons. The van der Waals surface area contributed by atoms with Crippen LogP contribution in [-0.2, 0) is 13.6 Å². The van der Waals surface area contributed by atoms with Gasteiger partial charge in [0.05, 0.1) is 29.4 Å². The number of imidazole rings is 1. The van der Waals surface area contributed by atoms with Gasteiger partial charge in [-0.15, -0.1) is 10.2 Å². The molecule has 9 nitrogen and oxygen atoms in total. The average molecular weight is 433 g/mol. The van der Waals surface area contributed by atoms with Crippen LogP contribution >= 0.6 is 0 Å². The fraction of sp³-hybridized carbons (Fsp3) is 0.391. The molecular formula is C23H28N8O. The number of tetrazole rings is 1. The molecule has 2 aromatic carbocycles. The van der Waals surface area contributed by atoms with Gasteiger partial charge in [-0.2, -0.15) is 5.21 Å². The fourth-order valence-electron chi connectivity index (χ4n) is 4.27. The molecule has 0 atom stereocenters. The van der Waals surface area contributed by atoms with Crippen LogP contribution in [0.1, 0.15) is 19.7 Å². The number of aryl methyl sites for hydroxylation is 1.